The summed E-state index contributed by atoms with van der Waals surface area (Å²) in [6, 6.07) is 6.77. The molecule has 1 aliphatic carbocycles. The number of benzene rings is 1. The van der Waals surface area contributed by atoms with Gasteiger partial charge in [0.05, 0.1) is 24.8 Å². The monoisotopic (exact) mass is 469 g/mol. The van der Waals surface area contributed by atoms with Gasteiger partial charge in [-0.15, -0.1) is 11.3 Å². The number of anilines is 1. The molecule has 1 amide bonds. The number of amides is 1. The van der Waals surface area contributed by atoms with Crippen LogP contribution in [-0.4, -0.2) is 35.4 Å². The van der Waals surface area contributed by atoms with Crippen LogP contribution in [0.25, 0.3) is 16.5 Å². The number of methoxy groups -OCH3 is 1. The first-order valence-electron chi connectivity index (χ1n) is 11.2. The van der Waals surface area contributed by atoms with E-state index in [1.54, 1.807) is 43.7 Å². The number of nitrogens with one attached hydrogen (secondary N) is 1. The van der Waals surface area contributed by atoms with Gasteiger partial charge in [0.25, 0.3) is 5.56 Å². The van der Waals surface area contributed by atoms with E-state index in [1.165, 1.54) is 37.0 Å². The van der Waals surface area contributed by atoms with E-state index in [0.29, 0.717) is 34.2 Å². The molecule has 1 saturated carbocycles. The van der Waals surface area contributed by atoms with Gasteiger partial charge < -0.3 is 14.8 Å². The maximum Gasteiger partial charge on any atom is 0.359 e. The molecule has 1 N–H and O–H groups in total. The number of thiophene rings is 1. The molecule has 0 atom stereocenters. The minimum absolute atomic E-state index is 0.0324. The van der Waals surface area contributed by atoms with Crippen LogP contribution in [0.3, 0.4) is 0 Å². The van der Waals surface area contributed by atoms with Crippen molar-refractivity contribution in [2.75, 3.05) is 19.0 Å². The van der Waals surface area contributed by atoms with E-state index in [4.69, 9.17) is 9.47 Å². The lowest BCUT2D eigenvalue weighted by Crippen LogP contribution is -2.25. The Kier molecular flexibility index (Phi) is 7.08. The molecule has 1 fully saturated rings. The molecule has 0 radical (unpaired) electrons. The normalized spacial score (nSPS) is 13.9. The molecule has 1 aromatic carbocycles. The van der Waals surface area contributed by atoms with Gasteiger partial charge in [-0.25, -0.2) is 4.79 Å². The summed E-state index contributed by atoms with van der Waals surface area (Å²) >= 11 is 1.21. The van der Waals surface area contributed by atoms with E-state index in [2.05, 4.69) is 10.4 Å². The van der Waals surface area contributed by atoms with Crippen molar-refractivity contribution in [1.29, 1.82) is 0 Å². The predicted octanol–water partition coefficient (Wildman–Crippen LogP) is 4.54. The van der Waals surface area contributed by atoms with Gasteiger partial charge in [0.15, 0.2) is 5.69 Å². The second kappa shape index (κ2) is 10.2. The van der Waals surface area contributed by atoms with Crippen LogP contribution in [0.15, 0.2) is 34.4 Å². The molecule has 0 aliphatic heterocycles. The fourth-order valence-electron chi connectivity index (χ4n) is 4.21. The number of aromatic nitrogens is 2. The highest BCUT2D eigenvalue weighted by atomic mass is 32.1. The summed E-state index contributed by atoms with van der Waals surface area (Å²) in [5.41, 5.74) is 0.0819. The van der Waals surface area contributed by atoms with Crippen LogP contribution in [0, 0.1) is 5.92 Å². The minimum atomic E-state index is -0.623. The van der Waals surface area contributed by atoms with Crippen molar-refractivity contribution in [2.45, 2.75) is 45.4 Å². The molecule has 0 bridgehead atoms. The molecule has 0 saturated heterocycles. The van der Waals surface area contributed by atoms with Crippen molar-refractivity contribution < 1.29 is 19.1 Å². The first-order valence-corrected chi connectivity index (χ1v) is 12.1. The van der Waals surface area contributed by atoms with Gasteiger partial charge in [0, 0.05) is 17.2 Å². The van der Waals surface area contributed by atoms with Gasteiger partial charge in [-0.05, 0) is 43.5 Å². The molecule has 9 heteroatoms. The molecule has 0 unspecified atom stereocenters. The largest absolute Gasteiger partial charge is 0.497 e. The predicted molar refractivity (Wildman–Crippen MR) is 128 cm³/mol. The smallest absolute Gasteiger partial charge is 0.359 e. The van der Waals surface area contributed by atoms with Gasteiger partial charge in [-0.3, -0.25) is 9.59 Å². The highest BCUT2D eigenvalue weighted by molar-refractivity contribution is 7.16. The van der Waals surface area contributed by atoms with Crippen molar-refractivity contribution in [3.63, 3.8) is 0 Å². The summed E-state index contributed by atoms with van der Waals surface area (Å²) in [7, 11) is 1.55. The van der Waals surface area contributed by atoms with E-state index >= 15 is 0 Å². The van der Waals surface area contributed by atoms with Crippen molar-refractivity contribution in [3.05, 3.63) is 45.7 Å². The van der Waals surface area contributed by atoms with E-state index in [-0.39, 0.29) is 23.6 Å². The molecular weight excluding hydrogens is 442 g/mol. The molecule has 0 spiro atoms. The quantitative estimate of drug-likeness (QED) is 0.486. The van der Waals surface area contributed by atoms with Crippen LogP contribution in [0.1, 0.15) is 55.9 Å². The Bertz CT molecular complexity index is 1210. The summed E-state index contributed by atoms with van der Waals surface area (Å²) in [4.78, 5) is 38.7. The number of esters is 1. The van der Waals surface area contributed by atoms with Crippen LogP contribution in [-0.2, 0) is 9.53 Å². The topological polar surface area (TPSA) is 99.5 Å². The maximum atomic E-state index is 13.4. The van der Waals surface area contributed by atoms with Crippen molar-refractivity contribution in [3.8, 4) is 11.4 Å². The molecule has 33 heavy (non-hydrogen) atoms. The lowest BCUT2D eigenvalue weighted by molar-refractivity contribution is -0.116. The van der Waals surface area contributed by atoms with Crippen LogP contribution >= 0.6 is 11.3 Å². The molecule has 8 nitrogen and oxygen atoms in total. The van der Waals surface area contributed by atoms with Crippen LogP contribution in [0.5, 0.6) is 5.75 Å². The summed E-state index contributed by atoms with van der Waals surface area (Å²) in [5, 5.41) is 9.91. The molecule has 4 rings (SSSR count). The molecule has 3 aromatic rings. The van der Waals surface area contributed by atoms with Crippen molar-refractivity contribution >= 4 is 39.0 Å². The summed E-state index contributed by atoms with van der Waals surface area (Å²) in [6.45, 7) is 1.89. The highest BCUT2D eigenvalue weighted by Gasteiger charge is 2.23. The van der Waals surface area contributed by atoms with Gasteiger partial charge in [-0.2, -0.15) is 9.78 Å². The number of fused-ring (bicyclic) bond motifs is 1. The zero-order valence-corrected chi connectivity index (χ0v) is 19.6. The fraction of sp³-hybridized carbons (Fsp3) is 0.417. The zero-order chi connectivity index (χ0) is 23.4. The fourth-order valence-corrected chi connectivity index (χ4v) is 5.17. The Labute approximate surface area is 195 Å². The van der Waals surface area contributed by atoms with Crippen LogP contribution in [0.2, 0.25) is 0 Å². The Morgan fingerprint density at radius 1 is 1.21 bits per heavy atom. The second-order valence-corrected chi connectivity index (χ2v) is 8.95. The second-order valence-electron chi connectivity index (χ2n) is 8.07. The summed E-state index contributed by atoms with van der Waals surface area (Å²) < 4.78 is 11.5. The SMILES string of the molecule is CCOC(=O)c1nn(-c2ccc(OC)cc2)c(=O)c2c(NC(=O)CCC3CCCC3)scc12. The lowest BCUT2D eigenvalue weighted by Gasteiger charge is -2.11. The molecule has 174 valence electrons. The van der Waals surface area contributed by atoms with Crippen LogP contribution < -0.4 is 15.6 Å². The molecule has 1 aliphatic rings. The van der Waals surface area contributed by atoms with Crippen molar-refractivity contribution in [2.24, 2.45) is 5.92 Å². The Balaban J connectivity index is 1.72. The zero-order valence-electron chi connectivity index (χ0n) is 18.8. The highest BCUT2D eigenvalue weighted by Crippen LogP contribution is 2.32. The molecule has 2 heterocycles. The van der Waals surface area contributed by atoms with Crippen molar-refractivity contribution in [1.82, 2.24) is 9.78 Å². The third-order valence-electron chi connectivity index (χ3n) is 5.95. The maximum absolute atomic E-state index is 13.4. The molecule has 2 aromatic heterocycles. The number of hydrogen-bond acceptors (Lipinski definition) is 7. The average Bonchev–Trinajstić information content (AvgIpc) is 3.49. The number of ether oxygens (including phenoxy) is 2. The minimum Gasteiger partial charge on any atom is -0.497 e. The lowest BCUT2D eigenvalue weighted by atomic mass is 10.0. The number of rotatable bonds is 8. The number of nitrogens with zero attached hydrogens (tertiary/aromatic N) is 2. The Morgan fingerprint density at radius 2 is 1.94 bits per heavy atom. The third kappa shape index (κ3) is 4.93. The average molecular weight is 470 g/mol. The number of carbonyl (C=O) groups is 2. The standard InChI is InChI=1S/C24H27N3O5S/c1-3-32-24(30)21-18-14-33-22(25-19(28)13-8-15-6-4-5-7-15)20(18)23(29)27(26-21)16-9-11-17(31-2)12-10-16/h9-12,14-15H,3-8,13H2,1-2H3,(H,25,28). The first kappa shape index (κ1) is 23.0. The van der Waals surface area contributed by atoms with Gasteiger partial charge in [-0.1, -0.05) is 25.7 Å². The van der Waals surface area contributed by atoms with E-state index < -0.39 is 11.5 Å². The van der Waals surface area contributed by atoms with Gasteiger partial charge in [0.1, 0.15) is 10.8 Å². The summed E-state index contributed by atoms with van der Waals surface area (Å²) in [5.74, 6) is 0.476. The Hall–Kier alpha value is -3.20. The van der Waals surface area contributed by atoms with Crippen LogP contribution in [0.4, 0.5) is 5.00 Å². The number of hydrogen-bond donors (Lipinski definition) is 1. The molecular formula is C24H27N3O5S. The van der Waals surface area contributed by atoms with E-state index in [9.17, 15) is 14.4 Å². The summed E-state index contributed by atoms with van der Waals surface area (Å²) in [6.07, 6.45) is 6.08. The first-order chi connectivity index (χ1) is 16.0. The number of carbonyl (C=O) groups excluding carboxylic acids is 2. The van der Waals surface area contributed by atoms with E-state index in [0.717, 1.165) is 11.1 Å². The Morgan fingerprint density at radius 3 is 2.61 bits per heavy atom. The van der Waals surface area contributed by atoms with E-state index in [1.807, 2.05) is 0 Å². The third-order valence-corrected chi connectivity index (χ3v) is 6.84. The van der Waals surface area contributed by atoms with Gasteiger partial charge in [0.2, 0.25) is 5.91 Å². The van der Waals surface area contributed by atoms with Gasteiger partial charge >= 0.3 is 5.97 Å².